The Kier molecular flexibility index (Phi) is 5.26. The summed E-state index contributed by atoms with van der Waals surface area (Å²) in [5.41, 5.74) is 2.19. The predicted octanol–water partition coefficient (Wildman–Crippen LogP) is 2.28. The largest absolute Gasteiger partial charge is 0.381 e. The number of anilines is 1. The second kappa shape index (κ2) is 7.98. The summed E-state index contributed by atoms with van der Waals surface area (Å²) in [6, 6.07) is 8.26. The van der Waals surface area contributed by atoms with Crippen LogP contribution in [0.4, 0.5) is 10.1 Å². The molecule has 8 heteroatoms. The molecule has 0 saturated carbocycles. The zero-order valence-corrected chi connectivity index (χ0v) is 15.5. The molecule has 2 aliphatic rings. The first-order valence-corrected chi connectivity index (χ1v) is 9.52. The maximum absolute atomic E-state index is 14.2. The summed E-state index contributed by atoms with van der Waals surface area (Å²) in [6.07, 6.45) is 1.87. The monoisotopic (exact) mass is 383 g/mol. The SMILES string of the molecule is N#Cc1ccc(N2CCN(C(=O)c3cc(C4CCOCC4)[nH]n3)CC2)c(F)c1. The van der Waals surface area contributed by atoms with E-state index in [1.165, 1.54) is 6.07 Å². The number of aromatic amines is 1. The molecule has 1 N–H and O–H groups in total. The molecule has 0 bridgehead atoms. The van der Waals surface area contributed by atoms with Gasteiger partial charge in [-0.2, -0.15) is 10.4 Å². The molecule has 1 aromatic carbocycles. The van der Waals surface area contributed by atoms with E-state index in [0.29, 0.717) is 49.0 Å². The number of nitrogens with one attached hydrogen (secondary N) is 1. The number of amides is 1. The lowest BCUT2D eigenvalue weighted by Crippen LogP contribution is -2.49. The Balaban J connectivity index is 1.38. The van der Waals surface area contributed by atoms with Gasteiger partial charge in [-0.25, -0.2) is 4.39 Å². The number of piperazine rings is 1. The number of H-pyrrole nitrogens is 1. The van der Waals surface area contributed by atoms with Crippen molar-refractivity contribution in [1.82, 2.24) is 15.1 Å². The molecule has 0 spiro atoms. The third kappa shape index (κ3) is 3.71. The van der Waals surface area contributed by atoms with Crippen LogP contribution in [0.5, 0.6) is 0 Å². The Morgan fingerprint density at radius 3 is 2.64 bits per heavy atom. The highest BCUT2D eigenvalue weighted by Gasteiger charge is 2.26. The van der Waals surface area contributed by atoms with E-state index < -0.39 is 5.82 Å². The molecule has 2 aromatic rings. The molecule has 146 valence electrons. The molecule has 0 aliphatic carbocycles. The summed E-state index contributed by atoms with van der Waals surface area (Å²) in [5, 5.41) is 16.1. The number of aromatic nitrogens is 2. The van der Waals surface area contributed by atoms with Gasteiger partial charge in [0.05, 0.1) is 17.3 Å². The van der Waals surface area contributed by atoms with Crippen LogP contribution >= 0.6 is 0 Å². The normalized spacial score (nSPS) is 18.1. The molecule has 4 rings (SSSR count). The first-order chi connectivity index (χ1) is 13.7. The van der Waals surface area contributed by atoms with Gasteiger partial charge in [0.25, 0.3) is 5.91 Å². The number of hydrogen-bond acceptors (Lipinski definition) is 5. The van der Waals surface area contributed by atoms with E-state index in [1.54, 1.807) is 17.0 Å². The standard InChI is InChI=1S/C20H22FN5O2/c21-16-11-14(13-22)1-2-19(16)25-5-7-26(8-6-25)20(27)18-12-17(23-24-18)15-3-9-28-10-4-15/h1-2,11-12,15H,3-10H2,(H,23,24). The van der Waals surface area contributed by atoms with Crippen molar-refractivity contribution in [3.8, 4) is 6.07 Å². The third-order valence-electron chi connectivity index (χ3n) is 5.46. The maximum Gasteiger partial charge on any atom is 0.274 e. The molecule has 0 unspecified atom stereocenters. The number of rotatable bonds is 3. The average Bonchev–Trinajstić information content (AvgIpc) is 3.24. The maximum atomic E-state index is 14.2. The average molecular weight is 383 g/mol. The number of nitrogens with zero attached hydrogens (tertiary/aromatic N) is 4. The third-order valence-corrected chi connectivity index (χ3v) is 5.46. The molecular weight excluding hydrogens is 361 g/mol. The molecular formula is C20H22FN5O2. The number of halogens is 1. The van der Waals surface area contributed by atoms with Gasteiger partial charge in [-0.05, 0) is 37.1 Å². The van der Waals surface area contributed by atoms with E-state index in [4.69, 9.17) is 10.00 Å². The molecule has 2 fully saturated rings. The van der Waals surface area contributed by atoms with Gasteiger partial charge in [-0.1, -0.05) is 0 Å². The van der Waals surface area contributed by atoms with Crippen LogP contribution in [0.3, 0.4) is 0 Å². The Morgan fingerprint density at radius 2 is 1.96 bits per heavy atom. The first-order valence-electron chi connectivity index (χ1n) is 9.52. The highest BCUT2D eigenvalue weighted by atomic mass is 19.1. The van der Waals surface area contributed by atoms with Gasteiger partial charge in [0.2, 0.25) is 0 Å². The lowest BCUT2D eigenvalue weighted by molar-refractivity contribution is 0.0740. The molecule has 2 saturated heterocycles. The fourth-order valence-electron chi connectivity index (χ4n) is 3.81. The van der Waals surface area contributed by atoms with Crippen molar-refractivity contribution >= 4 is 11.6 Å². The minimum absolute atomic E-state index is 0.102. The van der Waals surface area contributed by atoms with Crippen molar-refractivity contribution in [1.29, 1.82) is 5.26 Å². The summed E-state index contributed by atoms with van der Waals surface area (Å²) >= 11 is 0. The van der Waals surface area contributed by atoms with Crippen LogP contribution in [0, 0.1) is 17.1 Å². The Morgan fingerprint density at radius 1 is 1.21 bits per heavy atom. The number of benzene rings is 1. The van der Waals surface area contributed by atoms with Crippen molar-refractivity contribution in [2.24, 2.45) is 0 Å². The highest BCUT2D eigenvalue weighted by Crippen LogP contribution is 2.26. The predicted molar refractivity (Wildman–Crippen MR) is 101 cm³/mol. The van der Waals surface area contributed by atoms with Crippen molar-refractivity contribution in [2.45, 2.75) is 18.8 Å². The molecule has 0 radical (unpaired) electrons. The van der Waals surface area contributed by atoms with Crippen LogP contribution in [0.1, 0.15) is 40.5 Å². The van der Waals surface area contributed by atoms with Crippen LogP contribution in [-0.4, -0.2) is 60.4 Å². The van der Waals surface area contributed by atoms with Crippen molar-refractivity contribution in [3.05, 3.63) is 47.0 Å². The summed E-state index contributed by atoms with van der Waals surface area (Å²) in [6.45, 7) is 3.54. The summed E-state index contributed by atoms with van der Waals surface area (Å²) in [4.78, 5) is 16.4. The second-order valence-corrected chi connectivity index (χ2v) is 7.15. The van der Waals surface area contributed by atoms with Gasteiger partial charge >= 0.3 is 0 Å². The number of ether oxygens (including phenoxy) is 1. The van der Waals surface area contributed by atoms with E-state index in [-0.39, 0.29) is 5.91 Å². The molecule has 7 nitrogen and oxygen atoms in total. The Labute approximate surface area is 162 Å². The van der Waals surface area contributed by atoms with Gasteiger partial charge in [-0.3, -0.25) is 9.89 Å². The van der Waals surface area contributed by atoms with E-state index in [9.17, 15) is 9.18 Å². The number of nitriles is 1. The minimum atomic E-state index is -0.410. The zero-order chi connectivity index (χ0) is 19.5. The van der Waals surface area contributed by atoms with Crippen LogP contribution in [0.15, 0.2) is 24.3 Å². The zero-order valence-electron chi connectivity index (χ0n) is 15.5. The summed E-state index contributed by atoms with van der Waals surface area (Å²) in [5.74, 6) is -0.152. The fourth-order valence-corrected chi connectivity index (χ4v) is 3.81. The van der Waals surface area contributed by atoms with Crippen LogP contribution < -0.4 is 4.90 Å². The van der Waals surface area contributed by atoms with Crippen molar-refractivity contribution < 1.29 is 13.9 Å². The fraction of sp³-hybridized carbons (Fsp3) is 0.450. The van der Waals surface area contributed by atoms with Crippen LogP contribution in [-0.2, 0) is 4.74 Å². The van der Waals surface area contributed by atoms with Gasteiger partial charge in [0.15, 0.2) is 0 Å². The molecule has 0 atom stereocenters. The molecule has 28 heavy (non-hydrogen) atoms. The molecule has 1 amide bonds. The van der Waals surface area contributed by atoms with Crippen molar-refractivity contribution in [2.75, 3.05) is 44.3 Å². The van der Waals surface area contributed by atoms with E-state index in [0.717, 1.165) is 31.7 Å². The van der Waals surface area contributed by atoms with Gasteiger partial charge in [-0.15, -0.1) is 0 Å². The van der Waals surface area contributed by atoms with E-state index in [2.05, 4.69) is 10.2 Å². The lowest BCUT2D eigenvalue weighted by atomic mass is 9.96. The van der Waals surface area contributed by atoms with Crippen LogP contribution in [0.25, 0.3) is 0 Å². The molecule has 3 heterocycles. The number of hydrogen-bond donors (Lipinski definition) is 1. The highest BCUT2D eigenvalue weighted by molar-refractivity contribution is 5.92. The number of carbonyl (C=O) groups excluding carboxylic acids is 1. The first kappa shape index (κ1) is 18.4. The lowest BCUT2D eigenvalue weighted by Gasteiger charge is -2.36. The van der Waals surface area contributed by atoms with Crippen LogP contribution in [0.2, 0.25) is 0 Å². The molecule has 2 aliphatic heterocycles. The van der Waals surface area contributed by atoms with Gasteiger partial charge in [0, 0.05) is 51.0 Å². The second-order valence-electron chi connectivity index (χ2n) is 7.15. The Hall–Kier alpha value is -2.92. The quantitative estimate of drug-likeness (QED) is 0.879. The summed E-state index contributed by atoms with van der Waals surface area (Å²) in [7, 11) is 0. The van der Waals surface area contributed by atoms with Gasteiger partial charge in [0.1, 0.15) is 11.5 Å². The number of carbonyl (C=O) groups is 1. The van der Waals surface area contributed by atoms with Crippen molar-refractivity contribution in [3.63, 3.8) is 0 Å². The molecule has 1 aromatic heterocycles. The van der Waals surface area contributed by atoms with Gasteiger partial charge < -0.3 is 14.5 Å². The van der Waals surface area contributed by atoms with E-state index in [1.807, 2.05) is 17.0 Å². The van der Waals surface area contributed by atoms with E-state index >= 15 is 0 Å². The topological polar surface area (TPSA) is 85.3 Å². The summed E-state index contributed by atoms with van der Waals surface area (Å²) < 4.78 is 19.6. The smallest absolute Gasteiger partial charge is 0.274 e. The Bertz CT molecular complexity index is 892. The minimum Gasteiger partial charge on any atom is -0.381 e.